The molecule has 4 aromatic rings. The van der Waals surface area contributed by atoms with Gasteiger partial charge in [-0.2, -0.15) is 9.78 Å². The van der Waals surface area contributed by atoms with Crippen LogP contribution in [0.2, 0.25) is 0 Å². The summed E-state index contributed by atoms with van der Waals surface area (Å²) < 4.78 is 14.5. The van der Waals surface area contributed by atoms with Crippen LogP contribution in [0.4, 0.5) is 5.69 Å². The van der Waals surface area contributed by atoms with Gasteiger partial charge in [-0.1, -0.05) is 35.0 Å². The van der Waals surface area contributed by atoms with Crippen molar-refractivity contribution in [1.29, 1.82) is 0 Å². The molecule has 1 heterocycles. The van der Waals surface area contributed by atoms with Crippen molar-refractivity contribution in [3.8, 4) is 11.5 Å². The first-order valence-electron chi connectivity index (χ1n) is 11.9. The molecule has 9 nitrogen and oxygen atoms in total. The van der Waals surface area contributed by atoms with Gasteiger partial charge < -0.3 is 9.47 Å². The Labute approximate surface area is 235 Å². The zero-order valence-electron chi connectivity index (χ0n) is 20.7. The number of fused-ring (bicyclic) bond motifs is 1. The molecule has 0 aliphatic heterocycles. The lowest BCUT2D eigenvalue weighted by atomic mass is 10.2. The molecule has 0 aliphatic carbocycles. The van der Waals surface area contributed by atoms with Gasteiger partial charge >= 0.3 is 0 Å². The van der Waals surface area contributed by atoms with Crippen molar-refractivity contribution in [2.75, 3.05) is 6.61 Å². The second-order valence-electron chi connectivity index (χ2n) is 8.28. The topological polar surface area (TPSA) is 109 Å². The smallest absolute Gasteiger partial charge is 0.282 e. The van der Waals surface area contributed by atoms with Crippen LogP contribution in [0.5, 0.6) is 11.5 Å². The van der Waals surface area contributed by atoms with Crippen molar-refractivity contribution >= 4 is 54.7 Å². The summed E-state index contributed by atoms with van der Waals surface area (Å²) in [5.41, 5.74) is 1.69. The van der Waals surface area contributed by atoms with Gasteiger partial charge in [-0.25, -0.2) is 4.98 Å². The number of aromatic nitrogens is 2. The van der Waals surface area contributed by atoms with Gasteiger partial charge in [0.15, 0.2) is 11.5 Å². The fraction of sp³-hybridized carbons (Fsp3) is 0.222. The van der Waals surface area contributed by atoms with E-state index >= 15 is 0 Å². The first-order chi connectivity index (χ1) is 18.3. The summed E-state index contributed by atoms with van der Waals surface area (Å²) in [6, 6.07) is 15.2. The summed E-state index contributed by atoms with van der Waals surface area (Å²) in [5.74, 6) is 1.50. The minimum Gasteiger partial charge on any atom is -0.490 e. The van der Waals surface area contributed by atoms with Crippen molar-refractivity contribution in [3.63, 3.8) is 0 Å². The molecule has 4 rings (SSSR count). The third kappa shape index (κ3) is 6.28. The summed E-state index contributed by atoms with van der Waals surface area (Å²) in [6.07, 6.45) is 2.97. The summed E-state index contributed by atoms with van der Waals surface area (Å²) in [7, 11) is 0. The number of non-ortho nitro benzene ring substituents is 1. The lowest BCUT2D eigenvalue weighted by molar-refractivity contribution is -0.384. The standard InChI is InChI=1S/C27H24Br2N4O5/c1-3-6-25-31-23-10-9-19(28)14-21(23)27(34)32(25)30-15-18-12-22(29)26(24(13-18)37-4-2)38-16-17-7-5-8-20(11-17)33(35)36/h5,7-15H,3-4,6,16H2,1-2H3. The number of aryl methyl sites for hydroxylation is 1. The van der Waals surface area contributed by atoms with Crippen LogP contribution in [0.3, 0.4) is 0 Å². The Balaban J connectivity index is 1.67. The molecular weight excluding hydrogens is 620 g/mol. The highest BCUT2D eigenvalue weighted by molar-refractivity contribution is 9.10. The average Bonchev–Trinajstić information content (AvgIpc) is 2.89. The molecule has 0 atom stereocenters. The molecule has 0 radical (unpaired) electrons. The second-order valence-corrected chi connectivity index (χ2v) is 10.0. The van der Waals surface area contributed by atoms with Gasteiger partial charge in [-0.05, 0) is 70.7 Å². The van der Waals surface area contributed by atoms with Gasteiger partial charge in [-0.3, -0.25) is 14.9 Å². The van der Waals surface area contributed by atoms with E-state index in [4.69, 9.17) is 9.47 Å². The fourth-order valence-corrected chi connectivity index (χ4v) is 4.74. The van der Waals surface area contributed by atoms with Crippen LogP contribution >= 0.6 is 31.9 Å². The minimum atomic E-state index is -0.444. The zero-order chi connectivity index (χ0) is 27.2. The maximum Gasteiger partial charge on any atom is 0.282 e. The van der Waals surface area contributed by atoms with Gasteiger partial charge in [-0.15, -0.1) is 0 Å². The minimum absolute atomic E-state index is 0.00465. The van der Waals surface area contributed by atoms with Crippen LogP contribution < -0.4 is 15.0 Å². The third-order valence-corrected chi connectivity index (χ3v) is 6.59. The Bertz CT molecular complexity index is 1590. The van der Waals surface area contributed by atoms with Gasteiger partial charge in [0, 0.05) is 23.0 Å². The maximum atomic E-state index is 13.3. The molecule has 0 saturated heterocycles. The Morgan fingerprint density at radius 2 is 1.92 bits per heavy atom. The molecule has 0 aliphatic rings. The highest BCUT2D eigenvalue weighted by Crippen LogP contribution is 2.37. The van der Waals surface area contributed by atoms with E-state index < -0.39 is 4.92 Å². The second kappa shape index (κ2) is 12.3. The number of hydrogen-bond acceptors (Lipinski definition) is 7. The van der Waals surface area contributed by atoms with Gasteiger partial charge in [0.25, 0.3) is 11.2 Å². The number of hydrogen-bond donors (Lipinski definition) is 0. The highest BCUT2D eigenvalue weighted by Gasteiger charge is 2.15. The molecule has 0 bridgehead atoms. The Hall–Kier alpha value is -3.57. The molecule has 0 saturated carbocycles. The molecule has 0 fully saturated rings. The predicted octanol–water partition coefficient (Wildman–Crippen LogP) is 6.64. The number of nitrogens with zero attached hydrogens (tertiary/aromatic N) is 4. The molecule has 11 heteroatoms. The summed E-state index contributed by atoms with van der Waals surface area (Å²) in [6.45, 7) is 4.38. The molecule has 0 spiro atoms. The summed E-state index contributed by atoms with van der Waals surface area (Å²) >= 11 is 6.95. The lowest BCUT2D eigenvalue weighted by Crippen LogP contribution is -2.22. The first kappa shape index (κ1) is 27.5. The number of ether oxygens (including phenoxy) is 2. The Morgan fingerprint density at radius 3 is 2.66 bits per heavy atom. The summed E-state index contributed by atoms with van der Waals surface area (Å²) in [5, 5.41) is 16.0. The average molecular weight is 644 g/mol. The molecule has 0 amide bonds. The van der Waals surface area contributed by atoms with Crippen molar-refractivity contribution in [2.24, 2.45) is 5.10 Å². The van der Waals surface area contributed by atoms with Crippen LogP contribution in [0.1, 0.15) is 37.2 Å². The third-order valence-electron chi connectivity index (χ3n) is 5.51. The van der Waals surface area contributed by atoms with E-state index in [9.17, 15) is 14.9 Å². The van der Waals surface area contributed by atoms with Crippen molar-refractivity contribution < 1.29 is 14.4 Å². The van der Waals surface area contributed by atoms with Gasteiger partial charge in [0.1, 0.15) is 12.4 Å². The molecule has 3 aromatic carbocycles. The quantitative estimate of drug-likeness (QED) is 0.109. The maximum absolute atomic E-state index is 13.3. The SMILES string of the molecule is CCCc1nc2ccc(Br)cc2c(=O)n1N=Cc1cc(Br)c(OCc2cccc([N+](=O)[O-])c2)c(OCC)c1. The predicted molar refractivity (Wildman–Crippen MR) is 153 cm³/mol. The number of nitro groups is 1. The van der Waals surface area contributed by atoms with E-state index in [1.165, 1.54) is 16.8 Å². The van der Waals surface area contributed by atoms with Crippen molar-refractivity contribution in [2.45, 2.75) is 33.3 Å². The summed E-state index contributed by atoms with van der Waals surface area (Å²) in [4.78, 5) is 28.6. The highest BCUT2D eigenvalue weighted by atomic mass is 79.9. The first-order valence-corrected chi connectivity index (χ1v) is 13.5. The van der Waals surface area contributed by atoms with Crippen LogP contribution in [0, 0.1) is 10.1 Å². The van der Waals surface area contributed by atoms with E-state index in [0.29, 0.717) is 56.9 Å². The molecule has 196 valence electrons. The normalized spacial score (nSPS) is 11.3. The van der Waals surface area contributed by atoms with E-state index in [1.54, 1.807) is 36.5 Å². The number of halogens is 2. The molecule has 0 unspecified atom stereocenters. The van der Waals surface area contributed by atoms with Crippen molar-refractivity contribution in [3.05, 3.63) is 101 Å². The molecule has 1 aromatic heterocycles. The van der Waals surface area contributed by atoms with Crippen molar-refractivity contribution in [1.82, 2.24) is 9.66 Å². The number of nitro benzene ring substituents is 1. The molecular formula is C27H24Br2N4O5. The Kier molecular flexibility index (Phi) is 8.90. The zero-order valence-corrected chi connectivity index (χ0v) is 23.9. The number of benzene rings is 3. The number of rotatable bonds is 10. The van der Waals surface area contributed by atoms with E-state index in [1.807, 2.05) is 26.0 Å². The lowest BCUT2D eigenvalue weighted by Gasteiger charge is -2.15. The monoisotopic (exact) mass is 642 g/mol. The van der Waals surface area contributed by atoms with Gasteiger partial charge in [0.2, 0.25) is 0 Å². The van der Waals surface area contributed by atoms with Crippen LogP contribution in [-0.4, -0.2) is 27.4 Å². The Morgan fingerprint density at radius 1 is 1.11 bits per heavy atom. The van der Waals surface area contributed by atoms with Crippen LogP contribution in [0.25, 0.3) is 10.9 Å². The van der Waals surface area contributed by atoms with Gasteiger partial charge in [0.05, 0.1) is 33.1 Å². The van der Waals surface area contributed by atoms with E-state index in [0.717, 1.165) is 10.9 Å². The van der Waals surface area contributed by atoms with Crippen LogP contribution in [-0.2, 0) is 13.0 Å². The molecule has 0 N–H and O–H groups in total. The van der Waals surface area contributed by atoms with Crippen LogP contribution in [0.15, 0.2) is 73.4 Å². The molecule has 38 heavy (non-hydrogen) atoms. The fourth-order valence-electron chi connectivity index (χ4n) is 3.80. The largest absolute Gasteiger partial charge is 0.490 e. The van der Waals surface area contributed by atoms with E-state index in [-0.39, 0.29) is 17.9 Å². The van der Waals surface area contributed by atoms with E-state index in [2.05, 4.69) is 41.9 Å².